The molecule has 1 saturated heterocycles. The van der Waals surface area contributed by atoms with E-state index >= 15 is 0 Å². The van der Waals surface area contributed by atoms with Gasteiger partial charge in [0.05, 0.1) is 12.7 Å². The summed E-state index contributed by atoms with van der Waals surface area (Å²) in [5, 5.41) is 12.0. The Balaban J connectivity index is 2.29. The molecule has 14 heavy (non-hydrogen) atoms. The van der Waals surface area contributed by atoms with Crippen molar-refractivity contribution in [2.75, 3.05) is 13.2 Å². The minimum Gasteiger partial charge on any atom is -0.437 e. The molecule has 0 radical (unpaired) electrons. The molecule has 0 aromatic heterocycles. The molecule has 2 atom stereocenters. The monoisotopic (exact) mass is 201 g/mol. The molecule has 5 heteroatoms. The van der Waals surface area contributed by atoms with Crippen LogP contribution < -0.4 is 5.23 Å². The van der Waals surface area contributed by atoms with Crippen LogP contribution in [0, 0.1) is 5.92 Å². The first-order chi connectivity index (χ1) is 6.41. The molecule has 1 heterocycles. The van der Waals surface area contributed by atoms with Crippen molar-refractivity contribution in [3.63, 3.8) is 0 Å². The van der Waals surface area contributed by atoms with E-state index in [4.69, 9.17) is 14.5 Å². The molecule has 0 bridgehead atoms. The molecule has 4 nitrogen and oxygen atoms in total. The van der Waals surface area contributed by atoms with Gasteiger partial charge in [0, 0.05) is 0 Å². The lowest BCUT2D eigenvalue weighted by Gasteiger charge is -2.21. The smallest absolute Gasteiger partial charge is 0.373 e. The summed E-state index contributed by atoms with van der Waals surface area (Å²) in [6.45, 7) is 9.01. The summed E-state index contributed by atoms with van der Waals surface area (Å²) in [6, 6.07) is 0. The highest BCUT2D eigenvalue weighted by molar-refractivity contribution is 6.45. The third kappa shape index (κ3) is 3.57. The molecular weight excluding hydrogens is 181 g/mol. The van der Waals surface area contributed by atoms with Gasteiger partial charge in [-0.05, 0) is 33.1 Å². The normalized spacial score (nSPS) is 27.6. The zero-order valence-corrected chi connectivity index (χ0v) is 9.41. The van der Waals surface area contributed by atoms with Gasteiger partial charge in [-0.3, -0.25) is 0 Å². The van der Waals surface area contributed by atoms with Crippen LogP contribution in [0.1, 0.15) is 20.8 Å². The fourth-order valence-electron chi connectivity index (χ4n) is 1.48. The van der Waals surface area contributed by atoms with E-state index in [-0.39, 0.29) is 6.10 Å². The van der Waals surface area contributed by atoms with Gasteiger partial charge in [0.15, 0.2) is 5.79 Å². The Bertz CT molecular complexity index is 187. The fraction of sp³-hybridized carbons (Fsp3) is 1.00. The van der Waals surface area contributed by atoms with E-state index in [9.17, 15) is 0 Å². The Labute approximate surface area is 86.1 Å². The lowest BCUT2D eigenvalue weighted by molar-refractivity contribution is -0.143. The summed E-state index contributed by atoms with van der Waals surface area (Å²) < 4.78 is 11.2. The zero-order valence-electron chi connectivity index (χ0n) is 9.41. The van der Waals surface area contributed by atoms with Crippen molar-refractivity contribution in [3.8, 4) is 0 Å². The molecule has 82 valence electrons. The quantitative estimate of drug-likeness (QED) is 0.649. The fourth-order valence-corrected chi connectivity index (χ4v) is 1.48. The molecule has 1 rings (SSSR count). The average molecular weight is 201 g/mol. The second-order valence-electron chi connectivity index (χ2n) is 4.43. The van der Waals surface area contributed by atoms with E-state index in [1.54, 1.807) is 6.82 Å². The van der Waals surface area contributed by atoms with Gasteiger partial charge in [0.1, 0.15) is 0 Å². The van der Waals surface area contributed by atoms with Gasteiger partial charge in [-0.15, -0.1) is 0 Å². The Kier molecular flexibility index (Phi) is 3.95. The molecule has 1 aliphatic rings. The van der Waals surface area contributed by atoms with E-state index in [1.165, 1.54) is 0 Å². The maximum atomic E-state index is 9.06. The summed E-state index contributed by atoms with van der Waals surface area (Å²) >= 11 is 0. The molecule has 0 saturated carbocycles. The molecule has 0 spiro atoms. The third-order valence-corrected chi connectivity index (χ3v) is 2.40. The number of ether oxygens (including phenoxy) is 2. The summed E-state index contributed by atoms with van der Waals surface area (Å²) in [4.78, 5) is 0. The van der Waals surface area contributed by atoms with Crippen molar-refractivity contribution in [1.82, 2.24) is 5.23 Å². The van der Waals surface area contributed by atoms with Crippen LogP contribution in [0.25, 0.3) is 0 Å². The molecule has 1 fully saturated rings. The van der Waals surface area contributed by atoms with Crippen LogP contribution in [-0.4, -0.2) is 37.1 Å². The van der Waals surface area contributed by atoms with Crippen LogP contribution >= 0.6 is 0 Å². The van der Waals surface area contributed by atoms with Crippen molar-refractivity contribution < 1.29 is 14.5 Å². The van der Waals surface area contributed by atoms with Gasteiger partial charge in [-0.2, -0.15) is 0 Å². The third-order valence-electron chi connectivity index (χ3n) is 2.40. The zero-order chi connectivity index (χ0) is 10.8. The highest BCUT2D eigenvalue weighted by Crippen LogP contribution is 2.26. The van der Waals surface area contributed by atoms with E-state index in [0.29, 0.717) is 12.5 Å². The number of nitrogens with one attached hydrogen (secondary N) is 1. The molecule has 0 aliphatic carbocycles. The molecule has 0 aromatic rings. The number of hydrogen-bond donors (Lipinski definition) is 2. The topological polar surface area (TPSA) is 50.7 Å². The molecule has 1 aliphatic heterocycles. The molecule has 0 aromatic carbocycles. The highest BCUT2D eigenvalue weighted by Gasteiger charge is 2.35. The summed E-state index contributed by atoms with van der Waals surface area (Å²) in [5.74, 6) is -0.115. The summed E-state index contributed by atoms with van der Waals surface area (Å²) in [5.41, 5.74) is 0. The number of rotatable bonds is 4. The van der Waals surface area contributed by atoms with Crippen LogP contribution in [0.3, 0.4) is 0 Å². The van der Waals surface area contributed by atoms with E-state index < -0.39 is 12.8 Å². The SMILES string of the molecule is CB(O)NC[C@H](C)[C@H]1COC(C)(C)O1. The van der Waals surface area contributed by atoms with Crippen LogP contribution in [0.15, 0.2) is 0 Å². The van der Waals surface area contributed by atoms with Crippen molar-refractivity contribution in [1.29, 1.82) is 0 Å². The van der Waals surface area contributed by atoms with Crippen LogP contribution in [0.2, 0.25) is 6.82 Å². The predicted molar refractivity (Wildman–Crippen MR) is 55.9 cm³/mol. The maximum absolute atomic E-state index is 9.06. The average Bonchev–Trinajstić information content (AvgIpc) is 2.41. The van der Waals surface area contributed by atoms with Gasteiger partial charge in [0.2, 0.25) is 0 Å². The molecular formula is C9H20BNO3. The van der Waals surface area contributed by atoms with E-state index in [0.717, 1.165) is 6.54 Å². The number of hydrogen-bond acceptors (Lipinski definition) is 4. The van der Waals surface area contributed by atoms with Crippen LogP contribution in [0.5, 0.6) is 0 Å². The Hall–Kier alpha value is -0.0951. The second kappa shape index (κ2) is 4.62. The van der Waals surface area contributed by atoms with Gasteiger partial charge < -0.3 is 19.7 Å². The standard InChI is InChI=1S/C9H20BNO3/c1-7(5-11-10(4)12)8-6-13-9(2,3)14-8/h7-8,11-12H,5-6H2,1-4H3/t7-,8+/m0/s1. The molecule has 2 N–H and O–H groups in total. The Morgan fingerprint density at radius 1 is 1.64 bits per heavy atom. The van der Waals surface area contributed by atoms with Crippen LogP contribution in [-0.2, 0) is 9.47 Å². The van der Waals surface area contributed by atoms with Gasteiger partial charge >= 0.3 is 7.05 Å². The summed E-state index contributed by atoms with van der Waals surface area (Å²) in [6.07, 6.45) is 0.122. The Morgan fingerprint density at radius 2 is 2.29 bits per heavy atom. The molecule has 0 unspecified atom stereocenters. The minimum atomic E-state index is -0.465. The lowest BCUT2D eigenvalue weighted by Crippen LogP contribution is -2.38. The molecule has 0 amide bonds. The predicted octanol–water partition coefficient (Wildman–Crippen LogP) is 0.474. The lowest BCUT2D eigenvalue weighted by atomic mass is 9.87. The largest absolute Gasteiger partial charge is 0.437 e. The van der Waals surface area contributed by atoms with Crippen molar-refractivity contribution >= 4 is 7.05 Å². The Morgan fingerprint density at radius 3 is 2.71 bits per heavy atom. The van der Waals surface area contributed by atoms with Crippen molar-refractivity contribution in [2.24, 2.45) is 5.92 Å². The van der Waals surface area contributed by atoms with Crippen LogP contribution in [0.4, 0.5) is 0 Å². The first-order valence-electron chi connectivity index (χ1n) is 5.14. The minimum absolute atomic E-state index is 0.122. The van der Waals surface area contributed by atoms with Gasteiger partial charge in [0.25, 0.3) is 0 Å². The highest BCUT2D eigenvalue weighted by atomic mass is 16.7. The van der Waals surface area contributed by atoms with Crippen molar-refractivity contribution in [3.05, 3.63) is 0 Å². The van der Waals surface area contributed by atoms with E-state index in [2.05, 4.69) is 12.2 Å². The van der Waals surface area contributed by atoms with Gasteiger partial charge in [-0.25, -0.2) is 0 Å². The van der Waals surface area contributed by atoms with E-state index in [1.807, 2.05) is 13.8 Å². The summed E-state index contributed by atoms with van der Waals surface area (Å²) in [7, 11) is -0.465. The van der Waals surface area contributed by atoms with Gasteiger partial charge in [-0.1, -0.05) is 6.92 Å². The second-order valence-corrected chi connectivity index (χ2v) is 4.43. The first-order valence-corrected chi connectivity index (χ1v) is 5.14. The maximum Gasteiger partial charge on any atom is 0.373 e. The van der Waals surface area contributed by atoms with Crippen molar-refractivity contribution in [2.45, 2.75) is 39.5 Å². The first kappa shape index (κ1) is 12.0.